The van der Waals surface area contributed by atoms with E-state index in [0.717, 1.165) is 17.4 Å². The number of ether oxygens (including phenoxy) is 6. The summed E-state index contributed by atoms with van der Waals surface area (Å²) < 4.78 is 39.8. The van der Waals surface area contributed by atoms with E-state index in [-0.39, 0.29) is 62.1 Å². The van der Waals surface area contributed by atoms with Crippen LogP contribution in [0.3, 0.4) is 0 Å². The van der Waals surface area contributed by atoms with Crippen LogP contribution in [-0.2, 0) is 52.4 Å². The van der Waals surface area contributed by atoms with E-state index in [2.05, 4.69) is 0 Å². The van der Waals surface area contributed by atoms with Crippen molar-refractivity contribution in [2.75, 3.05) is 35.0 Å². The number of hydrogen-bond donors (Lipinski definition) is 2. The second kappa shape index (κ2) is 26.6. The Morgan fingerprint density at radius 2 is 1.46 bits per heavy atom. The largest absolute Gasteiger partial charge is 0.460 e. The molecule has 0 radical (unpaired) electrons. The van der Waals surface area contributed by atoms with Gasteiger partial charge in [-0.05, 0) is 119 Å². The summed E-state index contributed by atoms with van der Waals surface area (Å²) in [5.74, 6) is -9.19. The zero-order valence-corrected chi connectivity index (χ0v) is 48.1. The first kappa shape index (κ1) is 61.5. The Bertz CT molecular complexity index is 2710. The fourth-order valence-corrected chi connectivity index (χ4v) is 12.9. The van der Waals surface area contributed by atoms with Gasteiger partial charge in [-0.1, -0.05) is 77.1 Å². The zero-order chi connectivity index (χ0) is 57.6. The number of hydrogen-bond acceptors (Lipinski definition) is 15. The maximum absolute atomic E-state index is 14.6. The van der Waals surface area contributed by atoms with Gasteiger partial charge in [0.2, 0.25) is 5.79 Å². The number of aromatic nitrogens is 3. The van der Waals surface area contributed by atoms with Crippen LogP contribution in [0.25, 0.3) is 5.69 Å². The van der Waals surface area contributed by atoms with Crippen molar-refractivity contribution in [2.45, 2.75) is 192 Å². The van der Waals surface area contributed by atoms with Crippen molar-refractivity contribution in [3.8, 4) is 5.69 Å². The first-order valence-corrected chi connectivity index (χ1v) is 28.5. The van der Waals surface area contributed by atoms with Crippen LogP contribution in [0.4, 0.5) is 0 Å². The molecule has 2 N–H and O–H groups in total. The lowest BCUT2D eigenvalue weighted by Gasteiger charge is -2.43. The number of aliphatic hydroxyl groups is 2. The summed E-state index contributed by atoms with van der Waals surface area (Å²) in [7, 11) is 6.16. The topological polar surface area (TPSA) is 233 Å². The molecule has 1 amide bonds. The van der Waals surface area contributed by atoms with Crippen molar-refractivity contribution in [3.05, 3.63) is 86.8 Å². The van der Waals surface area contributed by atoms with Gasteiger partial charge in [-0.3, -0.25) is 19.2 Å². The number of Topliss-reactive ketones (excluding diaryl/α,β-unsaturated/α-hetero) is 3. The molecule has 19 heteroatoms. The minimum absolute atomic E-state index is 0.0440. The Kier molecular flexibility index (Phi) is 20.7. The summed E-state index contributed by atoms with van der Waals surface area (Å²) in [6, 6.07) is 5.94. The van der Waals surface area contributed by atoms with E-state index < -0.39 is 113 Å². The monoisotopic (exact) mass is 1100 g/mol. The third kappa shape index (κ3) is 13.3. The van der Waals surface area contributed by atoms with Gasteiger partial charge in [-0.15, -0.1) is 0 Å². The van der Waals surface area contributed by atoms with Crippen LogP contribution >= 0.6 is 0 Å². The highest BCUT2D eigenvalue weighted by molar-refractivity contribution is 6.39. The summed E-state index contributed by atoms with van der Waals surface area (Å²) in [5, 5.41) is 24.0. The average molecular weight is 1100 g/mol. The molecule has 19 nitrogen and oxygen atoms in total. The summed E-state index contributed by atoms with van der Waals surface area (Å²) in [4.78, 5) is 103. The number of aliphatic hydroxyl groups excluding tert-OH is 1. The van der Waals surface area contributed by atoms with Crippen LogP contribution in [0.15, 0.2) is 75.4 Å². The van der Waals surface area contributed by atoms with Crippen molar-refractivity contribution in [1.82, 2.24) is 18.8 Å². The molecule has 2 unspecified atom stereocenters. The number of esters is 1. The van der Waals surface area contributed by atoms with Crippen LogP contribution in [0, 0.1) is 35.5 Å². The molecule has 436 valence electrons. The van der Waals surface area contributed by atoms with Crippen LogP contribution in [0.1, 0.15) is 138 Å². The Hall–Kier alpha value is -5.15. The van der Waals surface area contributed by atoms with Crippen molar-refractivity contribution in [1.29, 1.82) is 0 Å². The molecule has 17 atom stereocenters. The number of nitrogens with zero attached hydrogens (tertiary/aromatic N) is 4. The number of ketones is 3. The molecule has 2 saturated heterocycles. The van der Waals surface area contributed by atoms with E-state index in [1.54, 1.807) is 78.3 Å². The smallest absolute Gasteiger partial charge is 0.352 e. The van der Waals surface area contributed by atoms with E-state index in [1.807, 2.05) is 39.0 Å². The Balaban J connectivity index is 1.26. The Morgan fingerprint density at radius 3 is 2.13 bits per heavy atom. The van der Waals surface area contributed by atoms with Crippen LogP contribution in [-0.4, -0.2) is 148 Å². The van der Waals surface area contributed by atoms with Gasteiger partial charge in [-0.2, -0.15) is 0 Å². The van der Waals surface area contributed by atoms with Gasteiger partial charge in [0, 0.05) is 65.6 Å². The van der Waals surface area contributed by atoms with E-state index in [1.165, 1.54) is 28.5 Å². The van der Waals surface area contributed by atoms with E-state index in [0.29, 0.717) is 55.4 Å². The summed E-state index contributed by atoms with van der Waals surface area (Å²) >= 11 is 0. The lowest BCUT2D eigenvalue weighted by Crippen LogP contribution is -2.61. The molecule has 0 spiro atoms. The molecule has 1 aromatic carbocycles. The quantitative estimate of drug-likeness (QED) is 0.171. The summed E-state index contributed by atoms with van der Waals surface area (Å²) in [6.45, 7) is 12.3. The zero-order valence-electron chi connectivity index (χ0n) is 48.1. The van der Waals surface area contributed by atoms with Crippen molar-refractivity contribution in [2.24, 2.45) is 35.5 Å². The van der Waals surface area contributed by atoms with Crippen LogP contribution in [0.2, 0.25) is 0 Å². The van der Waals surface area contributed by atoms with Gasteiger partial charge in [0.15, 0.2) is 5.78 Å². The summed E-state index contributed by atoms with van der Waals surface area (Å²) in [6.07, 6.45) is 6.73. The molecular weight excluding hydrogens is 1020 g/mol. The molecule has 3 fully saturated rings. The lowest BCUT2D eigenvalue weighted by molar-refractivity contribution is -0.265. The number of benzene rings is 1. The molecule has 1 aromatic heterocycles. The van der Waals surface area contributed by atoms with Crippen LogP contribution < -0.4 is 11.4 Å². The van der Waals surface area contributed by atoms with Gasteiger partial charge in [-0.25, -0.2) is 28.3 Å². The molecular formula is C60H86N4O15. The minimum Gasteiger partial charge on any atom is -0.460 e. The second-order valence-electron chi connectivity index (χ2n) is 23.3. The molecule has 4 bridgehead atoms. The SMILES string of the molecule is CO[C@H]1C[C@@H]2CC[C@@H](C)[C@@](O)(O2)C(=O)C(=O)N2CCCC[C@H]2C(=O)O[C@H]([C@H](C)C[C@@H]2CC[C@@H](OC)[C@H](OC)C2)CC(=O)[C@H](C)/C=C(\C)[C@@H](O)[C@@H](OC)C(=O)[C@H](C)C[C@H](C)C2C=CC(/C=C/1C)n1c(=O)n(-c3ccccc3)c(=O)n12. The second-order valence-corrected chi connectivity index (χ2v) is 23.3. The average Bonchev–Trinajstić information content (AvgIpc) is 3.78. The number of carbonyl (C=O) groups excluding carboxylic acids is 5. The number of allylic oxidation sites excluding steroid dienone is 4. The van der Waals surface area contributed by atoms with Gasteiger partial charge < -0.3 is 43.5 Å². The predicted molar refractivity (Wildman–Crippen MR) is 293 cm³/mol. The molecule has 1 aliphatic carbocycles. The van der Waals surface area contributed by atoms with Gasteiger partial charge in [0.1, 0.15) is 30.1 Å². The fourth-order valence-electron chi connectivity index (χ4n) is 12.9. The van der Waals surface area contributed by atoms with E-state index in [9.17, 15) is 43.8 Å². The molecule has 8 rings (SSSR count). The van der Waals surface area contributed by atoms with Crippen LogP contribution in [0.5, 0.6) is 0 Å². The number of rotatable bonds is 8. The van der Waals surface area contributed by atoms with Gasteiger partial charge in [0.25, 0.3) is 11.7 Å². The fraction of sp³-hybridized carbons (Fsp3) is 0.683. The third-order valence-corrected chi connectivity index (χ3v) is 17.8. The number of carbonyl (C=O) groups is 5. The molecule has 6 aliphatic rings. The van der Waals surface area contributed by atoms with E-state index >= 15 is 0 Å². The number of methoxy groups -OCH3 is 4. The van der Waals surface area contributed by atoms with E-state index in [4.69, 9.17) is 28.4 Å². The third-order valence-electron chi connectivity index (χ3n) is 17.8. The lowest BCUT2D eigenvalue weighted by atomic mass is 9.78. The number of para-hydroxylation sites is 1. The van der Waals surface area contributed by atoms with Gasteiger partial charge in [0.05, 0.1) is 42.2 Å². The highest BCUT2D eigenvalue weighted by Crippen LogP contribution is 2.39. The standard InChI is InChI=1S/C60H86N4O15/c1-34-27-38(5)52(66)54(77-11)53(67)39(6)28-35(2)47(65)33-50(36(3)29-41-21-25-48(74-8)51(31-41)76-10)78-57(70)46-19-15-16-26-61(46)56(69)55(68)60(73)40(7)20-23-44(79-60)32-49(75-9)37(4)30-43-22-24-45(34)64-59(72)62(58(71)63(43)64)42-17-13-12-14-18-42/h12-14,17-18,22,24,28,30,34-36,38,40-41,43-46,48-51,53-54,67,73H,15-16,19-21,23,25-27,29,31-33H2,1-11H3/b37-30+,39-28+/t34-,35+,36+,38+,40+,41-,43?,44-,45?,46-,48+,49-,50-,51+,53+,54-,60+/m0/s1. The molecule has 2 aromatic rings. The maximum atomic E-state index is 14.6. The number of amides is 1. The van der Waals surface area contributed by atoms with Crippen molar-refractivity contribution >= 4 is 29.2 Å². The maximum Gasteiger partial charge on any atom is 0.352 e. The normalized spacial score (nSPS) is 36.8. The predicted octanol–water partition coefficient (Wildman–Crippen LogP) is 6.19. The highest BCUT2D eigenvalue weighted by atomic mass is 16.6. The number of fused-ring (bicyclic) bond motifs is 15. The minimum atomic E-state index is -2.54. The van der Waals surface area contributed by atoms with Gasteiger partial charge >= 0.3 is 17.3 Å². The molecule has 79 heavy (non-hydrogen) atoms. The summed E-state index contributed by atoms with van der Waals surface area (Å²) in [5.41, 5.74) is 0.169. The first-order valence-electron chi connectivity index (χ1n) is 28.5. The Labute approximate surface area is 464 Å². The molecule has 1 saturated carbocycles. The number of piperidine rings is 1. The molecule has 5 aliphatic heterocycles. The Morgan fingerprint density at radius 1 is 0.759 bits per heavy atom. The molecule has 6 heterocycles. The highest BCUT2D eigenvalue weighted by Gasteiger charge is 2.53. The first-order chi connectivity index (χ1) is 37.6. The van der Waals surface area contributed by atoms with Crippen molar-refractivity contribution < 1.29 is 62.6 Å². The van der Waals surface area contributed by atoms with Crippen molar-refractivity contribution in [3.63, 3.8) is 0 Å².